The van der Waals surface area contributed by atoms with Crippen molar-refractivity contribution in [3.63, 3.8) is 0 Å². The molecule has 0 saturated heterocycles. The highest BCUT2D eigenvalue weighted by molar-refractivity contribution is 5.88. The van der Waals surface area contributed by atoms with Gasteiger partial charge >= 0.3 is 12.1 Å². The summed E-state index contributed by atoms with van der Waals surface area (Å²) in [4.78, 5) is 35.9. The normalized spacial score (nSPS) is 27.8. The molecule has 2 amide bonds. The summed E-state index contributed by atoms with van der Waals surface area (Å²) in [5.41, 5.74) is 8.17. The summed E-state index contributed by atoms with van der Waals surface area (Å²) in [5, 5.41) is 13.0. The van der Waals surface area contributed by atoms with Crippen LogP contribution in [0.15, 0.2) is 83.7 Å². The molecule has 232 valence electrons. The number of aliphatic hydroxyl groups is 1. The molecule has 0 bridgehead atoms. The van der Waals surface area contributed by atoms with E-state index >= 15 is 0 Å². The molecule has 8 heteroatoms. The minimum atomic E-state index is -0.815. The Bertz CT molecular complexity index is 1090. The molecule has 0 aromatic rings. The molecule has 5 atom stereocenters. The lowest BCUT2D eigenvalue weighted by atomic mass is 9.95. The molecule has 0 saturated carbocycles. The van der Waals surface area contributed by atoms with Gasteiger partial charge in [-0.2, -0.15) is 0 Å². The molecule has 1 aliphatic heterocycles. The Kier molecular flexibility index (Phi) is 17.6. The van der Waals surface area contributed by atoms with E-state index in [-0.39, 0.29) is 17.7 Å². The third-order valence-corrected chi connectivity index (χ3v) is 6.64. The Morgan fingerprint density at radius 1 is 1.17 bits per heavy atom. The van der Waals surface area contributed by atoms with Crippen LogP contribution in [-0.4, -0.2) is 41.4 Å². The van der Waals surface area contributed by atoms with Crippen molar-refractivity contribution in [3.8, 4) is 0 Å². The fraction of sp³-hybridized carbons (Fsp3) is 0.500. The van der Waals surface area contributed by atoms with Gasteiger partial charge in [-0.05, 0) is 65.9 Å². The number of nitrogens with one attached hydrogen (secondary N) is 1. The van der Waals surface area contributed by atoms with E-state index < -0.39 is 30.4 Å². The van der Waals surface area contributed by atoms with Crippen molar-refractivity contribution in [2.75, 3.05) is 0 Å². The summed E-state index contributed by atoms with van der Waals surface area (Å²) in [7, 11) is 0. The van der Waals surface area contributed by atoms with Gasteiger partial charge in [0, 0.05) is 36.6 Å². The summed E-state index contributed by atoms with van der Waals surface area (Å²) in [6.07, 6.45) is 21.0. The number of aliphatic hydroxyl groups excluding tert-OH is 1. The average Bonchev–Trinajstić information content (AvgIpc) is 2.89. The molecule has 0 aliphatic carbocycles. The number of cyclic esters (lactones) is 1. The van der Waals surface area contributed by atoms with Crippen LogP contribution in [-0.2, 0) is 19.1 Å². The van der Waals surface area contributed by atoms with Crippen LogP contribution in [0.5, 0.6) is 0 Å². The van der Waals surface area contributed by atoms with Crippen molar-refractivity contribution >= 4 is 18.0 Å². The predicted molar refractivity (Wildman–Crippen MR) is 168 cm³/mol. The maximum Gasteiger partial charge on any atom is 0.404 e. The molecule has 1 rings (SSSR count). The van der Waals surface area contributed by atoms with Gasteiger partial charge in [0.25, 0.3) is 0 Å². The third-order valence-electron chi connectivity index (χ3n) is 6.64. The number of allylic oxidation sites excluding steroid dienone is 7. The van der Waals surface area contributed by atoms with Gasteiger partial charge < -0.3 is 25.6 Å². The Balaban J connectivity index is 3.09. The summed E-state index contributed by atoms with van der Waals surface area (Å²) in [6.45, 7) is 11.6. The highest BCUT2D eigenvalue weighted by Gasteiger charge is 2.20. The number of hydrogen-bond donors (Lipinski definition) is 3. The molecular weight excluding hydrogens is 532 g/mol. The van der Waals surface area contributed by atoms with Crippen molar-refractivity contribution < 1.29 is 29.0 Å². The Morgan fingerprint density at radius 3 is 2.60 bits per heavy atom. The smallest absolute Gasteiger partial charge is 0.404 e. The first kappa shape index (κ1) is 36.4. The second kappa shape index (κ2) is 20.3. The number of nitrogens with two attached hydrogens (primary N) is 1. The second-order valence-corrected chi connectivity index (χ2v) is 11.2. The van der Waals surface area contributed by atoms with E-state index in [2.05, 4.69) is 5.32 Å². The van der Waals surface area contributed by atoms with E-state index in [1.165, 1.54) is 12.2 Å². The molecular formula is C34H50N2O6. The van der Waals surface area contributed by atoms with Crippen LogP contribution in [0, 0.1) is 11.8 Å². The number of esters is 1. The standard InChI is InChI=1S/C34H50N2O6/c1-24(2)21-32(38)36-20-19-26(4)22-28(6)31-23-25(3)13-9-7-11-15-30(42-34(35)40)27(5)17-18-29(37)14-10-8-12-16-33(39)41-31/h7,9,12-13,16-22,27-31,37H,8,10-11,14-15,23H2,1-6H3,(H2,35,40)(H,36,38)/b9-7+,16-12+,18-17+,20-19+,25-13+,26-22+/t27-,28?,29-,30-,31+/m0/s1. The molecule has 0 spiro atoms. The van der Waals surface area contributed by atoms with Gasteiger partial charge in [-0.1, -0.05) is 73.1 Å². The van der Waals surface area contributed by atoms with Gasteiger partial charge in [0.05, 0.1) is 6.10 Å². The zero-order valence-corrected chi connectivity index (χ0v) is 26.0. The molecule has 0 fully saturated rings. The van der Waals surface area contributed by atoms with Gasteiger partial charge in [-0.15, -0.1) is 0 Å². The van der Waals surface area contributed by atoms with Crippen LogP contribution < -0.4 is 11.1 Å². The maximum absolute atomic E-state index is 12.7. The van der Waals surface area contributed by atoms with Crippen LogP contribution in [0.4, 0.5) is 4.79 Å². The van der Waals surface area contributed by atoms with Gasteiger partial charge in [0.15, 0.2) is 0 Å². The number of carbonyl (C=O) groups is 3. The van der Waals surface area contributed by atoms with E-state index in [1.807, 2.05) is 78.0 Å². The number of ether oxygens (including phenoxy) is 2. The fourth-order valence-corrected chi connectivity index (χ4v) is 4.36. The van der Waals surface area contributed by atoms with Gasteiger partial charge in [-0.3, -0.25) is 4.79 Å². The predicted octanol–water partition coefficient (Wildman–Crippen LogP) is 6.51. The third kappa shape index (κ3) is 17.2. The molecule has 1 heterocycles. The molecule has 1 aliphatic rings. The number of amides is 2. The average molecular weight is 583 g/mol. The van der Waals surface area contributed by atoms with Gasteiger partial charge in [0.2, 0.25) is 5.91 Å². The molecule has 1 unspecified atom stereocenters. The lowest BCUT2D eigenvalue weighted by Gasteiger charge is -2.22. The molecule has 0 radical (unpaired) electrons. The van der Waals surface area contributed by atoms with E-state index in [0.717, 1.165) is 16.7 Å². The Morgan fingerprint density at radius 2 is 1.90 bits per heavy atom. The number of rotatable bonds is 6. The van der Waals surface area contributed by atoms with Gasteiger partial charge in [0.1, 0.15) is 12.2 Å². The summed E-state index contributed by atoms with van der Waals surface area (Å²) < 4.78 is 11.2. The Hall–Kier alpha value is -3.65. The number of hydrogen-bond acceptors (Lipinski definition) is 6. The maximum atomic E-state index is 12.7. The summed E-state index contributed by atoms with van der Waals surface area (Å²) in [5.74, 6) is -0.802. The van der Waals surface area contributed by atoms with Crippen LogP contribution in [0.1, 0.15) is 80.1 Å². The van der Waals surface area contributed by atoms with Crippen LogP contribution in [0.2, 0.25) is 0 Å². The van der Waals surface area contributed by atoms with Crippen molar-refractivity contribution in [3.05, 3.63) is 83.7 Å². The van der Waals surface area contributed by atoms with Crippen LogP contribution >= 0.6 is 0 Å². The lowest BCUT2D eigenvalue weighted by molar-refractivity contribution is -0.144. The zero-order valence-electron chi connectivity index (χ0n) is 26.0. The minimum absolute atomic E-state index is 0.0965. The van der Waals surface area contributed by atoms with Crippen LogP contribution in [0.25, 0.3) is 0 Å². The van der Waals surface area contributed by atoms with E-state index in [0.29, 0.717) is 38.5 Å². The first-order valence-electron chi connectivity index (χ1n) is 14.7. The molecule has 8 nitrogen and oxygen atoms in total. The monoisotopic (exact) mass is 582 g/mol. The van der Waals surface area contributed by atoms with Crippen molar-refractivity contribution in [1.82, 2.24) is 5.32 Å². The summed E-state index contributed by atoms with van der Waals surface area (Å²) >= 11 is 0. The minimum Gasteiger partial charge on any atom is -0.458 e. The van der Waals surface area contributed by atoms with Crippen molar-refractivity contribution in [2.45, 2.75) is 98.4 Å². The Labute approximate surface area is 251 Å². The highest BCUT2D eigenvalue weighted by atomic mass is 16.6. The summed E-state index contributed by atoms with van der Waals surface area (Å²) in [6, 6.07) is 0. The van der Waals surface area contributed by atoms with Crippen molar-refractivity contribution in [2.24, 2.45) is 17.6 Å². The molecule has 0 aromatic carbocycles. The van der Waals surface area contributed by atoms with E-state index in [4.69, 9.17) is 15.2 Å². The van der Waals surface area contributed by atoms with Crippen LogP contribution in [0.3, 0.4) is 0 Å². The first-order chi connectivity index (χ1) is 19.9. The number of primary amides is 1. The van der Waals surface area contributed by atoms with E-state index in [1.54, 1.807) is 18.4 Å². The molecule has 42 heavy (non-hydrogen) atoms. The zero-order chi connectivity index (χ0) is 31.5. The highest BCUT2D eigenvalue weighted by Crippen LogP contribution is 2.21. The lowest BCUT2D eigenvalue weighted by Crippen LogP contribution is -2.27. The molecule has 0 aromatic heterocycles. The van der Waals surface area contributed by atoms with E-state index in [9.17, 15) is 19.5 Å². The SMILES string of the molecule is CC(C)=CC(=O)N/C=C/C(C)=C/C(C)[C@H]1C/C(C)=C/C=C/CC[C@H](OC(N)=O)[C@@H](C)/C=C/[C@@H](O)CCC/C=C/C(=O)O1. The van der Waals surface area contributed by atoms with Gasteiger partial charge in [-0.25, -0.2) is 9.59 Å². The van der Waals surface area contributed by atoms with Crippen molar-refractivity contribution in [1.29, 1.82) is 0 Å². The number of carbonyl (C=O) groups excluding carboxylic acids is 3. The topological polar surface area (TPSA) is 128 Å². The first-order valence-corrected chi connectivity index (χ1v) is 14.7. The molecule has 4 N–H and O–H groups in total. The largest absolute Gasteiger partial charge is 0.458 e. The fourth-order valence-electron chi connectivity index (χ4n) is 4.36. The second-order valence-electron chi connectivity index (χ2n) is 11.2. The quantitative estimate of drug-likeness (QED) is 0.142.